The van der Waals surface area contributed by atoms with E-state index in [1.807, 2.05) is 24.1 Å². The van der Waals surface area contributed by atoms with Gasteiger partial charge < -0.3 is 15.4 Å². The van der Waals surface area contributed by atoms with E-state index in [0.29, 0.717) is 26.1 Å². The van der Waals surface area contributed by atoms with Crippen LogP contribution >= 0.6 is 11.3 Å². The molecule has 2 rings (SSSR count). The van der Waals surface area contributed by atoms with Gasteiger partial charge in [-0.25, -0.2) is 4.98 Å². The molecule has 0 spiro atoms. The summed E-state index contributed by atoms with van der Waals surface area (Å²) in [5.74, 6) is 0.117. The Morgan fingerprint density at radius 1 is 1.56 bits per heavy atom. The molecule has 0 saturated carbocycles. The zero-order chi connectivity index (χ0) is 13.1. The first kappa shape index (κ1) is 13.5. The molecule has 1 amide bonds. The zero-order valence-electron chi connectivity index (χ0n) is 10.8. The predicted molar refractivity (Wildman–Crippen MR) is 70.3 cm³/mol. The Bertz CT molecular complexity index is 411. The van der Waals surface area contributed by atoms with Gasteiger partial charge in [0.15, 0.2) is 0 Å². The normalized spacial score (nSPS) is 24.3. The molecule has 0 aromatic carbocycles. The Balaban J connectivity index is 1.94. The van der Waals surface area contributed by atoms with Crippen molar-refractivity contribution in [2.45, 2.75) is 39.0 Å². The van der Waals surface area contributed by atoms with Crippen molar-refractivity contribution in [2.24, 2.45) is 5.73 Å². The molecular formula is C12H19N3O2S. The Morgan fingerprint density at radius 3 is 2.78 bits per heavy atom. The number of morpholine rings is 1. The maximum atomic E-state index is 12.2. The third-order valence-electron chi connectivity index (χ3n) is 2.88. The lowest BCUT2D eigenvalue weighted by atomic mass is 10.2. The van der Waals surface area contributed by atoms with E-state index in [1.165, 1.54) is 11.3 Å². The molecular weight excluding hydrogens is 250 g/mol. The van der Waals surface area contributed by atoms with Gasteiger partial charge in [-0.2, -0.15) is 0 Å². The first-order valence-electron chi connectivity index (χ1n) is 6.15. The lowest BCUT2D eigenvalue weighted by molar-refractivity contribution is -0.142. The van der Waals surface area contributed by atoms with E-state index in [9.17, 15) is 4.79 Å². The van der Waals surface area contributed by atoms with Crippen molar-refractivity contribution in [1.82, 2.24) is 9.88 Å². The van der Waals surface area contributed by atoms with E-state index in [1.54, 1.807) is 0 Å². The molecule has 1 fully saturated rings. The van der Waals surface area contributed by atoms with Crippen LogP contribution in [0.3, 0.4) is 0 Å². The second kappa shape index (κ2) is 5.77. The van der Waals surface area contributed by atoms with Crippen LogP contribution in [0.2, 0.25) is 0 Å². The second-order valence-electron chi connectivity index (χ2n) is 4.67. The van der Waals surface area contributed by atoms with Crippen LogP contribution in [0.25, 0.3) is 0 Å². The summed E-state index contributed by atoms with van der Waals surface area (Å²) in [5, 5.41) is 2.79. The summed E-state index contributed by atoms with van der Waals surface area (Å²) in [6.45, 7) is 5.75. The third-order valence-corrected chi connectivity index (χ3v) is 3.80. The number of aromatic nitrogens is 1. The molecule has 0 aliphatic carbocycles. The number of rotatable bonds is 3. The Morgan fingerprint density at radius 2 is 2.22 bits per heavy atom. The molecule has 1 aliphatic rings. The molecule has 0 bridgehead atoms. The van der Waals surface area contributed by atoms with E-state index in [2.05, 4.69) is 4.98 Å². The number of hydrogen-bond donors (Lipinski definition) is 1. The lowest BCUT2D eigenvalue weighted by Crippen LogP contribution is -2.48. The molecule has 0 radical (unpaired) electrons. The van der Waals surface area contributed by atoms with Crippen molar-refractivity contribution in [3.63, 3.8) is 0 Å². The number of nitrogens with two attached hydrogens (primary N) is 1. The van der Waals surface area contributed by atoms with Gasteiger partial charge in [-0.1, -0.05) is 0 Å². The number of carbonyl (C=O) groups is 1. The standard InChI is InChI=1S/C12H19N3O2S/c1-8-5-15(6-9(2)17-8)12(16)3-10-7-18-11(4-13)14-10/h7-9H,3-6,13H2,1-2H3. The van der Waals surface area contributed by atoms with Crippen LogP contribution in [-0.4, -0.2) is 41.1 Å². The maximum Gasteiger partial charge on any atom is 0.228 e. The van der Waals surface area contributed by atoms with Gasteiger partial charge >= 0.3 is 0 Å². The third kappa shape index (κ3) is 3.28. The summed E-state index contributed by atoms with van der Waals surface area (Å²) in [7, 11) is 0. The number of hydrogen-bond acceptors (Lipinski definition) is 5. The van der Waals surface area contributed by atoms with Crippen molar-refractivity contribution < 1.29 is 9.53 Å². The van der Waals surface area contributed by atoms with Crippen molar-refractivity contribution >= 4 is 17.2 Å². The largest absolute Gasteiger partial charge is 0.372 e. The van der Waals surface area contributed by atoms with E-state index in [0.717, 1.165) is 10.7 Å². The number of carbonyl (C=O) groups excluding carboxylic acids is 1. The molecule has 2 unspecified atom stereocenters. The SMILES string of the molecule is CC1CN(C(=O)Cc2csc(CN)n2)CC(C)O1. The van der Waals surface area contributed by atoms with Gasteiger partial charge in [-0.15, -0.1) is 11.3 Å². The van der Waals surface area contributed by atoms with Crippen LogP contribution in [0, 0.1) is 0 Å². The molecule has 5 nitrogen and oxygen atoms in total. The van der Waals surface area contributed by atoms with E-state index in [4.69, 9.17) is 10.5 Å². The van der Waals surface area contributed by atoms with Crippen molar-refractivity contribution in [3.8, 4) is 0 Å². The summed E-state index contributed by atoms with van der Waals surface area (Å²) in [4.78, 5) is 18.3. The Hall–Kier alpha value is -0.980. The molecule has 1 aliphatic heterocycles. The molecule has 1 saturated heterocycles. The second-order valence-corrected chi connectivity index (χ2v) is 5.61. The summed E-state index contributed by atoms with van der Waals surface area (Å²) in [6, 6.07) is 0. The van der Waals surface area contributed by atoms with Gasteiger partial charge in [-0.3, -0.25) is 4.79 Å². The number of nitrogens with zero attached hydrogens (tertiary/aromatic N) is 2. The molecule has 2 heterocycles. The summed E-state index contributed by atoms with van der Waals surface area (Å²) in [5.41, 5.74) is 6.33. The average Bonchev–Trinajstić information content (AvgIpc) is 2.75. The highest BCUT2D eigenvalue weighted by Crippen LogP contribution is 2.14. The highest BCUT2D eigenvalue weighted by Gasteiger charge is 2.26. The average molecular weight is 269 g/mol. The molecule has 18 heavy (non-hydrogen) atoms. The highest BCUT2D eigenvalue weighted by molar-refractivity contribution is 7.09. The van der Waals surface area contributed by atoms with Gasteiger partial charge in [-0.05, 0) is 13.8 Å². The Labute approximate surface area is 111 Å². The summed E-state index contributed by atoms with van der Waals surface area (Å²) < 4.78 is 5.61. The van der Waals surface area contributed by atoms with Crippen molar-refractivity contribution in [2.75, 3.05) is 13.1 Å². The van der Waals surface area contributed by atoms with Crippen LogP contribution in [0.5, 0.6) is 0 Å². The van der Waals surface area contributed by atoms with Crippen LogP contribution < -0.4 is 5.73 Å². The molecule has 1 aromatic rings. The number of ether oxygens (including phenoxy) is 1. The van der Waals surface area contributed by atoms with Crippen LogP contribution in [-0.2, 0) is 22.5 Å². The van der Waals surface area contributed by atoms with Gasteiger partial charge in [0, 0.05) is 25.0 Å². The van der Waals surface area contributed by atoms with E-state index < -0.39 is 0 Å². The van der Waals surface area contributed by atoms with Gasteiger partial charge in [0.2, 0.25) is 5.91 Å². The topological polar surface area (TPSA) is 68.5 Å². The molecule has 2 atom stereocenters. The predicted octanol–water partition coefficient (Wildman–Crippen LogP) is 0.780. The molecule has 100 valence electrons. The monoisotopic (exact) mass is 269 g/mol. The van der Waals surface area contributed by atoms with Crippen LogP contribution in [0.1, 0.15) is 24.5 Å². The van der Waals surface area contributed by atoms with Gasteiger partial charge in [0.05, 0.1) is 24.3 Å². The van der Waals surface area contributed by atoms with Gasteiger partial charge in [0.1, 0.15) is 5.01 Å². The molecule has 1 aromatic heterocycles. The zero-order valence-corrected chi connectivity index (χ0v) is 11.6. The summed E-state index contributed by atoms with van der Waals surface area (Å²) >= 11 is 1.51. The minimum Gasteiger partial charge on any atom is -0.372 e. The fourth-order valence-electron chi connectivity index (χ4n) is 2.17. The van der Waals surface area contributed by atoms with E-state index in [-0.39, 0.29) is 18.1 Å². The van der Waals surface area contributed by atoms with Crippen molar-refractivity contribution in [1.29, 1.82) is 0 Å². The minimum atomic E-state index is 0.104. The first-order valence-corrected chi connectivity index (χ1v) is 7.03. The smallest absolute Gasteiger partial charge is 0.228 e. The fraction of sp³-hybridized carbons (Fsp3) is 0.667. The van der Waals surface area contributed by atoms with Crippen LogP contribution in [0.15, 0.2) is 5.38 Å². The highest BCUT2D eigenvalue weighted by atomic mass is 32.1. The minimum absolute atomic E-state index is 0.104. The van der Waals surface area contributed by atoms with Crippen LogP contribution in [0.4, 0.5) is 0 Å². The molecule has 6 heteroatoms. The summed E-state index contributed by atoms with van der Waals surface area (Å²) in [6.07, 6.45) is 0.566. The quantitative estimate of drug-likeness (QED) is 0.880. The maximum absolute atomic E-state index is 12.2. The van der Waals surface area contributed by atoms with E-state index >= 15 is 0 Å². The fourth-order valence-corrected chi connectivity index (χ4v) is 2.85. The number of amides is 1. The molecule has 2 N–H and O–H groups in total. The van der Waals surface area contributed by atoms with Crippen molar-refractivity contribution in [3.05, 3.63) is 16.1 Å². The van der Waals surface area contributed by atoms with Gasteiger partial charge in [0.25, 0.3) is 0 Å². The number of thiazole rings is 1. The Kier molecular flexibility index (Phi) is 4.31. The first-order chi connectivity index (χ1) is 8.58. The lowest BCUT2D eigenvalue weighted by Gasteiger charge is -2.35.